The van der Waals surface area contributed by atoms with Gasteiger partial charge in [0.1, 0.15) is 5.82 Å². The molecular weight excluding hydrogens is 173 g/mol. The van der Waals surface area contributed by atoms with Crippen LogP contribution >= 0.6 is 0 Å². The Morgan fingerprint density at radius 3 is 2.92 bits per heavy atom. The van der Waals surface area contributed by atoms with Gasteiger partial charge in [0.05, 0.1) is 12.6 Å². The van der Waals surface area contributed by atoms with Crippen LogP contribution in [0.1, 0.15) is 11.6 Å². The van der Waals surface area contributed by atoms with Crippen LogP contribution in [-0.2, 0) is 0 Å². The maximum Gasteiger partial charge on any atom is 0.123 e. The lowest BCUT2D eigenvalue weighted by atomic mass is 10.1. The van der Waals surface area contributed by atoms with Crippen LogP contribution in [0.4, 0.5) is 4.39 Å². The SMILES string of the molecule is [N-]=[N+]=N[C@@H](CO)c1cccc(F)c1. The van der Waals surface area contributed by atoms with Gasteiger partial charge in [0.15, 0.2) is 0 Å². The monoisotopic (exact) mass is 181 g/mol. The molecule has 1 aromatic carbocycles. The third kappa shape index (κ3) is 2.43. The summed E-state index contributed by atoms with van der Waals surface area (Å²) in [5, 5.41) is 12.1. The summed E-state index contributed by atoms with van der Waals surface area (Å²) in [6, 6.07) is 4.91. The van der Waals surface area contributed by atoms with Gasteiger partial charge in [-0.25, -0.2) is 4.39 Å². The van der Waals surface area contributed by atoms with Gasteiger partial charge in [0, 0.05) is 4.91 Å². The molecule has 0 heterocycles. The van der Waals surface area contributed by atoms with E-state index in [1.807, 2.05) is 0 Å². The summed E-state index contributed by atoms with van der Waals surface area (Å²) in [5.41, 5.74) is 8.62. The van der Waals surface area contributed by atoms with Crippen molar-refractivity contribution in [2.45, 2.75) is 6.04 Å². The minimum Gasteiger partial charge on any atom is -0.396 e. The Bertz CT molecular complexity index is 336. The van der Waals surface area contributed by atoms with Crippen LogP contribution in [0, 0.1) is 5.82 Å². The van der Waals surface area contributed by atoms with E-state index in [2.05, 4.69) is 10.0 Å². The molecule has 0 aliphatic heterocycles. The number of rotatable bonds is 3. The van der Waals surface area contributed by atoms with E-state index in [-0.39, 0.29) is 6.61 Å². The van der Waals surface area contributed by atoms with Gasteiger partial charge in [-0.2, -0.15) is 0 Å². The van der Waals surface area contributed by atoms with E-state index in [9.17, 15) is 4.39 Å². The van der Waals surface area contributed by atoms with Crippen molar-refractivity contribution >= 4 is 0 Å². The maximum absolute atomic E-state index is 12.7. The minimum absolute atomic E-state index is 0.326. The fourth-order valence-corrected chi connectivity index (χ4v) is 0.985. The quantitative estimate of drug-likeness (QED) is 0.433. The molecule has 0 spiro atoms. The molecule has 0 amide bonds. The fourth-order valence-electron chi connectivity index (χ4n) is 0.985. The van der Waals surface area contributed by atoms with Gasteiger partial charge >= 0.3 is 0 Å². The zero-order valence-corrected chi connectivity index (χ0v) is 6.76. The van der Waals surface area contributed by atoms with Crippen LogP contribution in [0.5, 0.6) is 0 Å². The van der Waals surface area contributed by atoms with E-state index in [0.717, 1.165) is 0 Å². The van der Waals surface area contributed by atoms with Crippen molar-refractivity contribution in [2.24, 2.45) is 5.11 Å². The summed E-state index contributed by atoms with van der Waals surface area (Å²) >= 11 is 0. The highest BCUT2D eigenvalue weighted by Crippen LogP contribution is 2.17. The Kier molecular flexibility index (Phi) is 3.25. The lowest BCUT2D eigenvalue weighted by Gasteiger charge is -2.06. The lowest BCUT2D eigenvalue weighted by molar-refractivity contribution is 0.267. The molecule has 5 heteroatoms. The Morgan fingerprint density at radius 2 is 2.38 bits per heavy atom. The van der Waals surface area contributed by atoms with Gasteiger partial charge in [-0.3, -0.25) is 0 Å². The van der Waals surface area contributed by atoms with Crippen LogP contribution in [0.2, 0.25) is 0 Å². The van der Waals surface area contributed by atoms with Crippen molar-refractivity contribution in [3.63, 3.8) is 0 Å². The number of halogens is 1. The number of nitrogens with zero attached hydrogens (tertiary/aromatic N) is 3. The summed E-state index contributed by atoms with van der Waals surface area (Å²) in [6.07, 6.45) is 0. The molecule has 1 rings (SSSR count). The average molecular weight is 181 g/mol. The van der Waals surface area contributed by atoms with E-state index >= 15 is 0 Å². The second kappa shape index (κ2) is 4.45. The van der Waals surface area contributed by atoms with Crippen LogP contribution in [0.25, 0.3) is 10.4 Å². The zero-order valence-electron chi connectivity index (χ0n) is 6.76. The molecule has 0 saturated carbocycles. The molecule has 4 nitrogen and oxygen atoms in total. The molecule has 1 N–H and O–H groups in total. The molecule has 1 aromatic rings. The molecular formula is C8H8FN3O. The summed E-state index contributed by atoms with van der Waals surface area (Å²) in [6.45, 7) is -0.326. The Balaban J connectivity index is 2.97. The summed E-state index contributed by atoms with van der Waals surface area (Å²) in [5.74, 6) is -0.413. The van der Waals surface area contributed by atoms with Gasteiger partial charge in [-0.05, 0) is 23.2 Å². The number of hydrogen-bond acceptors (Lipinski definition) is 2. The zero-order chi connectivity index (χ0) is 9.68. The number of aliphatic hydroxyl groups excluding tert-OH is 1. The smallest absolute Gasteiger partial charge is 0.123 e. The first kappa shape index (κ1) is 9.51. The van der Waals surface area contributed by atoms with E-state index < -0.39 is 11.9 Å². The van der Waals surface area contributed by atoms with Gasteiger partial charge in [-0.15, -0.1) is 0 Å². The van der Waals surface area contributed by atoms with Crippen molar-refractivity contribution < 1.29 is 9.50 Å². The molecule has 0 radical (unpaired) electrons. The molecule has 0 aliphatic carbocycles. The molecule has 0 aliphatic rings. The summed E-state index contributed by atoms with van der Waals surface area (Å²) in [4.78, 5) is 2.56. The molecule has 13 heavy (non-hydrogen) atoms. The van der Waals surface area contributed by atoms with Crippen molar-refractivity contribution in [2.75, 3.05) is 6.61 Å². The summed E-state index contributed by atoms with van der Waals surface area (Å²) < 4.78 is 12.7. The standard InChI is InChI=1S/C8H8FN3O/c9-7-3-1-2-6(4-7)8(5-13)11-12-10/h1-4,8,13H,5H2/t8-/m0/s1. The molecule has 68 valence electrons. The van der Waals surface area contributed by atoms with Gasteiger partial charge in [0.25, 0.3) is 0 Å². The third-order valence-corrected chi connectivity index (χ3v) is 1.60. The van der Waals surface area contributed by atoms with E-state index in [4.69, 9.17) is 10.6 Å². The van der Waals surface area contributed by atoms with E-state index in [0.29, 0.717) is 5.56 Å². The normalized spacial score (nSPS) is 11.8. The maximum atomic E-state index is 12.7. The van der Waals surface area contributed by atoms with E-state index in [1.54, 1.807) is 6.07 Å². The second-order valence-electron chi connectivity index (χ2n) is 2.46. The molecule has 0 aromatic heterocycles. The third-order valence-electron chi connectivity index (χ3n) is 1.60. The van der Waals surface area contributed by atoms with Gasteiger partial charge < -0.3 is 5.11 Å². The topological polar surface area (TPSA) is 69.0 Å². The van der Waals surface area contributed by atoms with Crippen molar-refractivity contribution in [1.29, 1.82) is 0 Å². The minimum atomic E-state index is -0.708. The van der Waals surface area contributed by atoms with Crippen LogP contribution < -0.4 is 0 Å². The highest BCUT2D eigenvalue weighted by Gasteiger charge is 2.07. The summed E-state index contributed by atoms with van der Waals surface area (Å²) in [7, 11) is 0. The first-order chi connectivity index (χ1) is 6.27. The van der Waals surface area contributed by atoms with Crippen LogP contribution in [-0.4, -0.2) is 11.7 Å². The predicted octanol–water partition coefficient (Wildman–Crippen LogP) is 2.17. The number of azide groups is 1. The Labute approximate surface area is 74.3 Å². The van der Waals surface area contributed by atoms with Crippen molar-refractivity contribution in [3.8, 4) is 0 Å². The number of hydrogen-bond donors (Lipinski definition) is 1. The largest absolute Gasteiger partial charge is 0.396 e. The van der Waals surface area contributed by atoms with E-state index in [1.165, 1.54) is 18.2 Å². The molecule has 0 saturated heterocycles. The molecule has 1 atom stereocenters. The number of aliphatic hydroxyl groups is 1. The van der Waals surface area contributed by atoms with Gasteiger partial charge in [-0.1, -0.05) is 17.2 Å². The number of benzene rings is 1. The lowest BCUT2D eigenvalue weighted by Crippen LogP contribution is -2.00. The van der Waals surface area contributed by atoms with Crippen molar-refractivity contribution in [1.82, 2.24) is 0 Å². The predicted molar refractivity (Wildman–Crippen MR) is 45.4 cm³/mol. The first-order valence-corrected chi connectivity index (χ1v) is 3.68. The highest BCUT2D eigenvalue weighted by atomic mass is 19.1. The molecule has 0 unspecified atom stereocenters. The molecule has 0 bridgehead atoms. The Hall–Kier alpha value is -1.58. The Morgan fingerprint density at radius 1 is 1.62 bits per heavy atom. The highest BCUT2D eigenvalue weighted by molar-refractivity contribution is 5.20. The van der Waals surface area contributed by atoms with Crippen LogP contribution in [0.15, 0.2) is 29.4 Å². The second-order valence-corrected chi connectivity index (χ2v) is 2.46. The fraction of sp³-hybridized carbons (Fsp3) is 0.250. The molecule has 0 fully saturated rings. The van der Waals surface area contributed by atoms with Gasteiger partial charge in [0.2, 0.25) is 0 Å². The first-order valence-electron chi connectivity index (χ1n) is 3.68. The average Bonchev–Trinajstić information content (AvgIpc) is 2.14. The van der Waals surface area contributed by atoms with Crippen LogP contribution in [0.3, 0.4) is 0 Å². The van der Waals surface area contributed by atoms with Crippen molar-refractivity contribution in [3.05, 3.63) is 46.1 Å².